The number of rotatable bonds is 5. The zero-order valence-electron chi connectivity index (χ0n) is 12.2. The van der Waals surface area contributed by atoms with Gasteiger partial charge < -0.3 is 10.2 Å². The predicted octanol–water partition coefficient (Wildman–Crippen LogP) is 2.71. The number of nitrogens with zero attached hydrogens (tertiary/aromatic N) is 3. The molecule has 2 rings (SSSR count). The van der Waals surface area contributed by atoms with E-state index in [1.165, 1.54) is 6.20 Å². The summed E-state index contributed by atoms with van der Waals surface area (Å²) in [5, 5.41) is 3.29. The van der Waals surface area contributed by atoms with Crippen LogP contribution in [0.5, 0.6) is 0 Å². The Balaban J connectivity index is 2.13. The molecule has 0 atom stereocenters. The quantitative estimate of drug-likeness (QED) is 0.908. The van der Waals surface area contributed by atoms with Crippen LogP contribution in [-0.2, 0) is 6.18 Å². The summed E-state index contributed by atoms with van der Waals surface area (Å²) in [6.45, 7) is 5.33. The summed E-state index contributed by atoms with van der Waals surface area (Å²) < 4.78 is 38.3. The molecule has 1 N–H and O–H groups in total. The van der Waals surface area contributed by atoms with Gasteiger partial charge in [-0.05, 0) is 44.3 Å². The lowest BCUT2D eigenvalue weighted by Crippen LogP contribution is -2.37. The topological polar surface area (TPSA) is 41.0 Å². The lowest BCUT2D eigenvalue weighted by atomic mass is 9.97. The maximum absolute atomic E-state index is 12.8. The third-order valence-electron chi connectivity index (χ3n) is 3.65. The van der Waals surface area contributed by atoms with Crippen molar-refractivity contribution in [2.24, 2.45) is 5.92 Å². The van der Waals surface area contributed by atoms with Crippen LogP contribution in [0.2, 0.25) is 0 Å². The standard InChI is InChI=1S/C14H21F3N4/c1-2-9-21(10-11-3-6-18-7-4-11)13-19-8-5-12(20-13)14(15,16)17/h5,8,11,18H,2-4,6-7,9-10H2,1H3. The molecule has 7 heteroatoms. The summed E-state index contributed by atoms with van der Waals surface area (Å²) in [7, 11) is 0. The maximum Gasteiger partial charge on any atom is 0.433 e. The molecule has 1 aliphatic heterocycles. The Labute approximate surface area is 122 Å². The second-order valence-electron chi connectivity index (χ2n) is 5.38. The highest BCUT2D eigenvalue weighted by molar-refractivity contribution is 5.31. The predicted molar refractivity (Wildman–Crippen MR) is 75.1 cm³/mol. The lowest BCUT2D eigenvalue weighted by Gasteiger charge is -2.30. The molecular weight excluding hydrogens is 281 g/mol. The Morgan fingerprint density at radius 3 is 2.67 bits per heavy atom. The molecular formula is C14H21F3N4. The Morgan fingerprint density at radius 1 is 1.33 bits per heavy atom. The van der Waals surface area contributed by atoms with Crippen molar-refractivity contribution in [3.8, 4) is 0 Å². The minimum absolute atomic E-state index is 0.185. The molecule has 1 aliphatic rings. The first kappa shape index (κ1) is 16.0. The number of hydrogen-bond acceptors (Lipinski definition) is 4. The maximum atomic E-state index is 12.8. The van der Waals surface area contributed by atoms with Gasteiger partial charge >= 0.3 is 6.18 Å². The minimum Gasteiger partial charge on any atom is -0.341 e. The van der Waals surface area contributed by atoms with Crippen LogP contribution < -0.4 is 10.2 Å². The highest BCUT2D eigenvalue weighted by Gasteiger charge is 2.33. The van der Waals surface area contributed by atoms with Crippen LogP contribution in [0.4, 0.5) is 19.1 Å². The Hall–Kier alpha value is -1.37. The van der Waals surface area contributed by atoms with Gasteiger partial charge in [-0.3, -0.25) is 0 Å². The van der Waals surface area contributed by atoms with Crippen LogP contribution in [0.3, 0.4) is 0 Å². The van der Waals surface area contributed by atoms with Crippen molar-refractivity contribution in [1.82, 2.24) is 15.3 Å². The molecule has 118 valence electrons. The van der Waals surface area contributed by atoms with Crippen LogP contribution in [-0.4, -0.2) is 36.1 Å². The van der Waals surface area contributed by atoms with Gasteiger partial charge in [0.2, 0.25) is 5.95 Å². The molecule has 4 nitrogen and oxygen atoms in total. The molecule has 0 aliphatic carbocycles. The third-order valence-corrected chi connectivity index (χ3v) is 3.65. The van der Waals surface area contributed by atoms with Gasteiger partial charge in [0.15, 0.2) is 0 Å². The van der Waals surface area contributed by atoms with Crippen molar-refractivity contribution >= 4 is 5.95 Å². The first-order valence-electron chi connectivity index (χ1n) is 7.36. The van der Waals surface area contributed by atoms with Crippen LogP contribution in [0.25, 0.3) is 0 Å². The van der Waals surface area contributed by atoms with Crippen LogP contribution in [0.1, 0.15) is 31.9 Å². The average molecular weight is 302 g/mol. The van der Waals surface area contributed by atoms with Crippen molar-refractivity contribution in [2.75, 3.05) is 31.1 Å². The first-order valence-corrected chi connectivity index (χ1v) is 7.36. The number of halogens is 3. The fourth-order valence-corrected chi connectivity index (χ4v) is 2.58. The van der Waals surface area contributed by atoms with Gasteiger partial charge in [0.05, 0.1) is 0 Å². The monoisotopic (exact) mass is 302 g/mol. The summed E-state index contributed by atoms with van der Waals surface area (Å²) in [4.78, 5) is 9.62. The summed E-state index contributed by atoms with van der Waals surface area (Å²) in [5.74, 6) is 0.668. The summed E-state index contributed by atoms with van der Waals surface area (Å²) in [5.41, 5.74) is -0.876. The van der Waals surface area contributed by atoms with Gasteiger partial charge in [0.25, 0.3) is 0 Å². The van der Waals surface area contributed by atoms with Gasteiger partial charge in [0, 0.05) is 19.3 Å². The highest BCUT2D eigenvalue weighted by Crippen LogP contribution is 2.28. The summed E-state index contributed by atoms with van der Waals surface area (Å²) in [6, 6.07) is 0.915. The molecule has 0 saturated carbocycles. The molecule has 0 radical (unpaired) electrons. The van der Waals surface area contributed by atoms with E-state index in [1.807, 2.05) is 11.8 Å². The van der Waals surface area contributed by atoms with Crippen LogP contribution in [0.15, 0.2) is 12.3 Å². The molecule has 0 spiro atoms. The van der Waals surface area contributed by atoms with E-state index in [-0.39, 0.29) is 5.95 Å². The average Bonchev–Trinajstić information content (AvgIpc) is 2.47. The van der Waals surface area contributed by atoms with E-state index in [2.05, 4.69) is 15.3 Å². The zero-order chi connectivity index (χ0) is 15.3. The number of hydrogen-bond donors (Lipinski definition) is 1. The molecule has 0 bridgehead atoms. The number of piperidine rings is 1. The second-order valence-corrected chi connectivity index (χ2v) is 5.38. The number of alkyl halides is 3. The van der Waals surface area contributed by atoms with Gasteiger partial charge in [-0.2, -0.15) is 13.2 Å². The molecule has 0 amide bonds. The Morgan fingerprint density at radius 2 is 2.05 bits per heavy atom. The smallest absolute Gasteiger partial charge is 0.341 e. The fourth-order valence-electron chi connectivity index (χ4n) is 2.58. The van der Waals surface area contributed by atoms with E-state index in [9.17, 15) is 13.2 Å². The largest absolute Gasteiger partial charge is 0.433 e. The van der Waals surface area contributed by atoms with Crippen molar-refractivity contribution in [3.05, 3.63) is 18.0 Å². The van der Waals surface area contributed by atoms with Gasteiger partial charge in [-0.25, -0.2) is 9.97 Å². The first-order chi connectivity index (χ1) is 10.0. The van der Waals surface area contributed by atoms with Gasteiger partial charge in [0.1, 0.15) is 5.69 Å². The molecule has 0 aromatic carbocycles. The highest BCUT2D eigenvalue weighted by atomic mass is 19.4. The van der Waals surface area contributed by atoms with E-state index in [1.54, 1.807) is 0 Å². The van der Waals surface area contributed by atoms with Crippen LogP contribution in [0, 0.1) is 5.92 Å². The fraction of sp³-hybridized carbons (Fsp3) is 0.714. The number of aromatic nitrogens is 2. The molecule has 1 aromatic rings. The lowest BCUT2D eigenvalue weighted by molar-refractivity contribution is -0.141. The molecule has 1 saturated heterocycles. The molecule has 21 heavy (non-hydrogen) atoms. The second kappa shape index (κ2) is 7.06. The van der Waals surface area contributed by atoms with E-state index >= 15 is 0 Å². The van der Waals surface area contributed by atoms with Gasteiger partial charge in [-0.1, -0.05) is 6.92 Å². The molecule has 0 unspecified atom stereocenters. The Kier molecular flexibility index (Phi) is 5.39. The van der Waals surface area contributed by atoms with E-state index < -0.39 is 11.9 Å². The Bertz CT molecular complexity index is 444. The van der Waals surface area contributed by atoms with Crippen molar-refractivity contribution < 1.29 is 13.2 Å². The number of nitrogens with one attached hydrogen (secondary N) is 1. The molecule has 1 fully saturated rings. The number of anilines is 1. The SMILES string of the molecule is CCCN(CC1CCNCC1)c1nccc(C(F)(F)F)n1. The summed E-state index contributed by atoms with van der Waals surface area (Å²) in [6.07, 6.45) is -0.302. The minimum atomic E-state index is -4.43. The van der Waals surface area contributed by atoms with E-state index in [4.69, 9.17) is 0 Å². The molecule has 2 heterocycles. The zero-order valence-corrected chi connectivity index (χ0v) is 12.2. The van der Waals surface area contributed by atoms with Crippen LogP contribution >= 0.6 is 0 Å². The third kappa shape index (κ3) is 4.56. The van der Waals surface area contributed by atoms with Gasteiger partial charge in [-0.15, -0.1) is 0 Å². The van der Waals surface area contributed by atoms with Crippen molar-refractivity contribution in [3.63, 3.8) is 0 Å². The summed E-state index contributed by atoms with van der Waals surface area (Å²) >= 11 is 0. The normalized spacial score (nSPS) is 17.0. The van der Waals surface area contributed by atoms with Crippen molar-refractivity contribution in [1.29, 1.82) is 0 Å². The van der Waals surface area contributed by atoms with E-state index in [0.29, 0.717) is 12.5 Å². The van der Waals surface area contributed by atoms with E-state index in [0.717, 1.165) is 45.0 Å². The molecule has 1 aromatic heterocycles. The van der Waals surface area contributed by atoms with Crippen molar-refractivity contribution in [2.45, 2.75) is 32.4 Å².